The van der Waals surface area contributed by atoms with E-state index in [0.29, 0.717) is 12.3 Å². The fourth-order valence-corrected chi connectivity index (χ4v) is 2.98. The van der Waals surface area contributed by atoms with Gasteiger partial charge in [-0.15, -0.1) is 0 Å². The summed E-state index contributed by atoms with van der Waals surface area (Å²) in [4.78, 5) is 13.4. The van der Waals surface area contributed by atoms with Crippen LogP contribution in [0.1, 0.15) is 20.3 Å². The van der Waals surface area contributed by atoms with Gasteiger partial charge in [-0.3, -0.25) is 4.79 Å². The summed E-state index contributed by atoms with van der Waals surface area (Å²) in [7, 11) is -2.93. The average Bonchev–Trinajstić information content (AvgIpc) is 2.15. The Morgan fingerprint density at radius 3 is 2.25 bits per heavy atom. The highest BCUT2D eigenvalue weighted by atomic mass is 32.2. The lowest BCUT2D eigenvalue weighted by Gasteiger charge is -2.29. The highest BCUT2D eigenvalue weighted by molar-refractivity contribution is 7.91. The Hall–Kier alpha value is -0.620. The number of sulfone groups is 1. The van der Waals surface area contributed by atoms with E-state index >= 15 is 0 Å². The third-order valence-electron chi connectivity index (χ3n) is 2.70. The SMILES string of the molecule is CC(C)C[C@@H](N)C(=O)N1CCS(=O)(=O)CC1. The van der Waals surface area contributed by atoms with Crippen molar-refractivity contribution in [3.8, 4) is 0 Å². The van der Waals surface area contributed by atoms with Crippen molar-refractivity contribution in [3.63, 3.8) is 0 Å². The lowest BCUT2D eigenvalue weighted by Crippen LogP contribution is -2.50. The van der Waals surface area contributed by atoms with Gasteiger partial charge in [0.2, 0.25) is 5.91 Å². The van der Waals surface area contributed by atoms with E-state index in [9.17, 15) is 13.2 Å². The van der Waals surface area contributed by atoms with E-state index in [2.05, 4.69) is 0 Å². The van der Waals surface area contributed by atoms with Gasteiger partial charge >= 0.3 is 0 Å². The Morgan fingerprint density at radius 2 is 1.81 bits per heavy atom. The summed E-state index contributed by atoms with van der Waals surface area (Å²) in [6.07, 6.45) is 0.641. The first-order valence-electron chi connectivity index (χ1n) is 5.56. The Kier molecular flexibility index (Phi) is 4.32. The minimum absolute atomic E-state index is 0.0626. The molecular formula is C10H20N2O3S. The van der Waals surface area contributed by atoms with E-state index < -0.39 is 15.9 Å². The van der Waals surface area contributed by atoms with Gasteiger partial charge < -0.3 is 10.6 Å². The zero-order valence-electron chi connectivity index (χ0n) is 9.85. The van der Waals surface area contributed by atoms with Gasteiger partial charge in [0.05, 0.1) is 17.5 Å². The van der Waals surface area contributed by atoms with Gasteiger partial charge in [-0.2, -0.15) is 0 Å². The minimum Gasteiger partial charge on any atom is -0.339 e. The maximum Gasteiger partial charge on any atom is 0.239 e. The number of carbonyl (C=O) groups is 1. The van der Waals surface area contributed by atoms with E-state index in [4.69, 9.17) is 5.73 Å². The largest absolute Gasteiger partial charge is 0.339 e. The Morgan fingerprint density at radius 1 is 1.31 bits per heavy atom. The molecular weight excluding hydrogens is 228 g/mol. The van der Waals surface area contributed by atoms with E-state index in [1.807, 2.05) is 13.8 Å². The van der Waals surface area contributed by atoms with Crippen molar-refractivity contribution in [2.24, 2.45) is 11.7 Å². The second-order valence-electron chi connectivity index (χ2n) is 4.71. The molecule has 1 aliphatic heterocycles. The van der Waals surface area contributed by atoms with Gasteiger partial charge in [-0.1, -0.05) is 13.8 Å². The fraction of sp³-hybridized carbons (Fsp3) is 0.900. The third-order valence-corrected chi connectivity index (χ3v) is 4.31. The summed E-state index contributed by atoms with van der Waals surface area (Å²) < 4.78 is 22.4. The molecule has 1 saturated heterocycles. The third kappa shape index (κ3) is 3.75. The number of carbonyl (C=O) groups excluding carboxylic acids is 1. The zero-order chi connectivity index (χ0) is 12.3. The van der Waals surface area contributed by atoms with Crippen molar-refractivity contribution < 1.29 is 13.2 Å². The second kappa shape index (κ2) is 5.14. The molecule has 0 radical (unpaired) electrons. The zero-order valence-corrected chi connectivity index (χ0v) is 10.7. The summed E-state index contributed by atoms with van der Waals surface area (Å²) in [5.41, 5.74) is 5.78. The van der Waals surface area contributed by atoms with Crippen molar-refractivity contribution >= 4 is 15.7 Å². The minimum atomic E-state index is -2.93. The summed E-state index contributed by atoms with van der Waals surface area (Å²) in [5, 5.41) is 0. The average molecular weight is 248 g/mol. The summed E-state index contributed by atoms with van der Waals surface area (Å²) >= 11 is 0. The van der Waals surface area contributed by atoms with Gasteiger partial charge in [0, 0.05) is 13.1 Å². The normalized spacial score (nSPS) is 22.1. The fourth-order valence-electron chi connectivity index (χ4n) is 1.78. The van der Waals surface area contributed by atoms with Crippen molar-refractivity contribution in [2.45, 2.75) is 26.3 Å². The molecule has 16 heavy (non-hydrogen) atoms. The van der Waals surface area contributed by atoms with Crippen molar-refractivity contribution in [2.75, 3.05) is 24.6 Å². The highest BCUT2D eigenvalue weighted by Gasteiger charge is 2.28. The van der Waals surface area contributed by atoms with Crippen LogP contribution in [0.5, 0.6) is 0 Å². The molecule has 5 nitrogen and oxygen atoms in total. The maximum atomic E-state index is 11.9. The highest BCUT2D eigenvalue weighted by Crippen LogP contribution is 2.09. The van der Waals surface area contributed by atoms with Crippen LogP contribution in [0, 0.1) is 5.92 Å². The van der Waals surface area contributed by atoms with Gasteiger partial charge in [-0.25, -0.2) is 8.42 Å². The Bertz CT molecular complexity index is 337. The first kappa shape index (κ1) is 13.4. The molecule has 1 fully saturated rings. The molecule has 1 rings (SSSR count). The van der Waals surface area contributed by atoms with Crippen LogP contribution in [-0.2, 0) is 14.6 Å². The van der Waals surface area contributed by atoms with Crippen LogP contribution in [-0.4, -0.2) is 49.9 Å². The summed E-state index contributed by atoms with van der Waals surface area (Å²) in [6, 6.07) is -0.499. The number of nitrogens with zero attached hydrogens (tertiary/aromatic N) is 1. The molecule has 0 aliphatic carbocycles. The van der Waals surface area contributed by atoms with Crippen LogP contribution in [0.25, 0.3) is 0 Å². The number of nitrogens with two attached hydrogens (primary N) is 1. The molecule has 0 bridgehead atoms. The molecule has 0 saturated carbocycles. The lowest BCUT2D eigenvalue weighted by atomic mass is 10.0. The first-order chi connectivity index (χ1) is 7.32. The molecule has 0 aromatic heterocycles. The number of hydrogen-bond donors (Lipinski definition) is 1. The standard InChI is InChI=1S/C10H20N2O3S/c1-8(2)7-9(11)10(13)12-3-5-16(14,15)6-4-12/h8-9H,3-7,11H2,1-2H3/t9-/m1/s1. The van der Waals surface area contributed by atoms with Crippen LogP contribution in [0.4, 0.5) is 0 Å². The van der Waals surface area contributed by atoms with Crippen LogP contribution < -0.4 is 5.73 Å². The van der Waals surface area contributed by atoms with Crippen LogP contribution in [0.3, 0.4) is 0 Å². The van der Waals surface area contributed by atoms with Crippen LogP contribution >= 0.6 is 0 Å². The Balaban J connectivity index is 2.50. The van der Waals surface area contributed by atoms with E-state index in [0.717, 1.165) is 0 Å². The number of hydrogen-bond acceptors (Lipinski definition) is 4. The van der Waals surface area contributed by atoms with E-state index in [1.54, 1.807) is 4.90 Å². The van der Waals surface area contributed by atoms with Gasteiger partial charge in [0.25, 0.3) is 0 Å². The van der Waals surface area contributed by atoms with Crippen molar-refractivity contribution in [3.05, 3.63) is 0 Å². The summed E-state index contributed by atoms with van der Waals surface area (Å²) in [5.74, 6) is 0.372. The quantitative estimate of drug-likeness (QED) is 0.738. The first-order valence-corrected chi connectivity index (χ1v) is 7.39. The van der Waals surface area contributed by atoms with Crippen LogP contribution in [0.2, 0.25) is 0 Å². The molecule has 0 unspecified atom stereocenters. The predicted octanol–water partition coefficient (Wildman–Crippen LogP) is -0.383. The number of amides is 1. The molecule has 0 aromatic carbocycles. The smallest absolute Gasteiger partial charge is 0.239 e. The predicted molar refractivity (Wildman–Crippen MR) is 62.7 cm³/mol. The van der Waals surface area contributed by atoms with E-state index in [-0.39, 0.29) is 30.5 Å². The monoisotopic (exact) mass is 248 g/mol. The molecule has 1 heterocycles. The van der Waals surface area contributed by atoms with Crippen molar-refractivity contribution in [1.29, 1.82) is 0 Å². The number of rotatable bonds is 3. The van der Waals surface area contributed by atoms with Gasteiger partial charge in [0.1, 0.15) is 0 Å². The second-order valence-corrected chi connectivity index (χ2v) is 7.02. The summed E-state index contributed by atoms with van der Waals surface area (Å²) in [6.45, 7) is 4.58. The molecule has 6 heteroatoms. The molecule has 1 atom stereocenters. The Labute approximate surface area is 96.9 Å². The molecule has 1 aliphatic rings. The maximum absolute atomic E-state index is 11.9. The van der Waals surface area contributed by atoms with Gasteiger partial charge in [0.15, 0.2) is 9.84 Å². The molecule has 2 N–H and O–H groups in total. The van der Waals surface area contributed by atoms with E-state index in [1.165, 1.54) is 0 Å². The lowest BCUT2D eigenvalue weighted by molar-refractivity contribution is -0.132. The molecule has 0 spiro atoms. The molecule has 1 amide bonds. The molecule has 0 aromatic rings. The molecule has 94 valence electrons. The van der Waals surface area contributed by atoms with Crippen molar-refractivity contribution in [1.82, 2.24) is 4.90 Å². The van der Waals surface area contributed by atoms with Gasteiger partial charge in [-0.05, 0) is 12.3 Å². The van der Waals surface area contributed by atoms with Crippen LogP contribution in [0.15, 0.2) is 0 Å². The topological polar surface area (TPSA) is 80.5 Å².